The molecular weight excluding hydrogens is 282 g/mol. The first-order valence-corrected chi connectivity index (χ1v) is 6.51. The summed E-state index contributed by atoms with van der Waals surface area (Å²) in [6.45, 7) is 4.97. The molecule has 1 rings (SSSR count). The van der Waals surface area contributed by atoms with Crippen LogP contribution in [0.2, 0.25) is 0 Å². The summed E-state index contributed by atoms with van der Waals surface area (Å²) < 4.78 is 1.02. The van der Waals surface area contributed by atoms with E-state index in [1.54, 1.807) is 4.90 Å². The summed E-state index contributed by atoms with van der Waals surface area (Å²) in [5.41, 5.74) is 2.14. The van der Waals surface area contributed by atoms with Gasteiger partial charge in [-0.1, -0.05) is 22.0 Å². The van der Waals surface area contributed by atoms with Crippen LogP contribution in [0.25, 0.3) is 0 Å². The molecule has 0 saturated carbocycles. The van der Waals surface area contributed by atoms with Gasteiger partial charge in [0, 0.05) is 17.6 Å². The summed E-state index contributed by atoms with van der Waals surface area (Å²) in [6.07, 6.45) is 0.396. The van der Waals surface area contributed by atoms with Gasteiger partial charge in [-0.25, -0.2) is 0 Å². The zero-order chi connectivity index (χ0) is 12.8. The molecule has 0 aliphatic rings. The number of aliphatic hydroxyl groups excluding tert-OH is 1. The first-order valence-electron chi connectivity index (χ1n) is 5.72. The van der Waals surface area contributed by atoms with Gasteiger partial charge in [0.05, 0.1) is 13.0 Å². The lowest BCUT2D eigenvalue weighted by molar-refractivity contribution is -0.130. The second kappa shape index (κ2) is 6.77. The molecule has 0 aliphatic carbocycles. The Balaban J connectivity index is 2.73. The fourth-order valence-corrected chi connectivity index (χ4v) is 2.19. The van der Waals surface area contributed by atoms with Gasteiger partial charge in [0.1, 0.15) is 0 Å². The molecule has 0 fully saturated rings. The molecule has 0 unspecified atom stereocenters. The second-order valence-electron chi connectivity index (χ2n) is 3.94. The summed E-state index contributed by atoms with van der Waals surface area (Å²) in [4.78, 5) is 13.6. The van der Waals surface area contributed by atoms with Gasteiger partial charge in [0.2, 0.25) is 5.91 Å². The van der Waals surface area contributed by atoms with Crippen molar-refractivity contribution in [1.29, 1.82) is 0 Å². The van der Waals surface area contributed by atoms with Crippen LogP contribution < -0.4 is 0 Å². The summed E-state index contributed by atoms with van der Waals surface area (Å²) in [7, 11) is 0. The summed E-state index contributed by atoms with van der Waals surface area (Å²) >= 11 is 3.40. The first kappa shape index (κ1) is 14.2. The van der Waals surface area contributed by atoms with Crippen LogP contribution in [0, 0.1) is 6.92 Å². The standard InChI is InChI=1S/C13H18BrNO2/c1-3-15(6-7-16)13(17)9-11-4-5-12(14)8-10(11)2/h4-5,8,16H,3,6-7,9H2,1-2H3. The quantitative estimate of drug-likeness (QED) is 0.905. The molecule has 1 aromatic carbocycles. The van der Waals surface area contributed by atoms with E-state index in [4.69, 9.17) is 5.11 Å². The highest BCUT2D eigenvalue weighted by Gasteiger charge is 2.12. The second-order valence-corrected chi connectivity index (χ2v) is 4.86. The minimum Gasteiger partial charge on any atom is -0.395 e. The van der Waals surface area contributed by atoms with Crippen LogP contribution in [0.15, 0.2) is 22.7 Å². The molecule has 0 aromatic heterocycles. The largest absolute Gasteiger partial charge is 0.395 e. The van der Waals surface area contributed by atoms with Crippen LogP contribution in [0.1, 0.15) is 18.1 Å². The molecule has 0 radical (unpaired) electrons. The minimum atomic E-state index is 0.0128. The maximum absolute atomic E-state index is 12.0. The van der Waals surface area contributed by atoms with E-state index in [1.807, 2.05) is 32.0 Å². The minimum absolute atomic E-state index is 0.0128. The number of halogens is 1. The van der Waals surface area contributed by atoms with Crippen LogP contribution in [-0.2, 0) is 11.2 Å². The van der Waals surface area contributed by atoms with Crippen molar-refractivity contribution in [2.75, 3.05) is 19.7 Å². The molecule has 0 bridgehead atoms. The number of benzene rings is 1. The Morgan fingerprint density at radius 2 is 2.18 bits per heavy atom. The van der Waals surface area contributed by atoms with Gasteiger partial charge in [-0.3, -0.25) is 4.79 Å². The molecule has 1 amide bonds. The molecule has 1 N–H and O–H groups in total. The van der Waals surface area contributed by atoms with Crippen molar-refractivity contribution < 1.29 is 9.90 Å². The number of likely N-dealkylation sites (N-methyl/N-ethyl adjacent to an activating group) is 1. The van der Waals surface area contributed by atoms with E-state index in [0.717, 1.165) is 15.6 Å². The lowest BCUT2D eigenvalue weighted by atomic mass is 10.1. The van der Waals surface area contributed by atoms with Crippen molar-refractivity contribution in [2.24, 2.45) is 0 Å². The van der Waals surface area contributed by atoms with Crippen LogP contribution in [-0.4, -0.2) is 35.6 Å². The molecule has 0 spiro atoms. The SMILES string of the molecule is CCN(CCO)C(=O)Cc1ccc(Br)cc1C. The third kappa shape index (κ3) is 4.13. The number of aryl methyl sites for hydroxylation is 1. The molecule has 1 aromatic rings. The Morgan fingerprint density at radius 3 is 2.71 bits per heavy atom. The van der Waals surface area contributed by atoms with Crippen molar-refractivity contribution in [1.82, 2.24) is 4.90 Å². The molecule has 0 aliphatic heterocycles. The van der Waals surface area contributed by atoms with Gasteiger partial charge < -0.3 is 10.0 Å². The molecule has 17 heavy (non-hydrogen) atoms. The van der Waals surface area contributed by atoms with Crippen LogP contribution in [0.4, 0.5) is 0 Å². The third-order valence-corrected chi connectivity index (χ3v) is 3.24. The lowest BCUT2D eigenvalue weighted by Gasteiger charge is -2.20. The van der Waals surface area contributed by atoms with Gasteiger partial charge in [-0.05, 0) is 37.1 Å². The van der Waals surface area contributed by atoms with E-state index < -0.39 is 0 Å². The fraction of sp³-hybridized carbons (Fsp3) is 0.462. The Kier molecular flexibility index (Phi) is 5.65. The van der Waals surface area contributed by atoms with E-state index in [1.165, 1.54) is 0 Å². The van der Waals surface area contributed by atoms with E-state index >= 15 is 0 Å². The predicted octanol–water partition coefficient (Wildman–Crippen LogP) is 2.14. The zero-order valence-corrected chi connectivity index (χ0v) is 11.8. The zero-order valence-electron chi connectivity index (χ0n) is 10.2. The lowest BCUT2D eigenvalue weighted by Crippen LogP contribution is -2.34. The fourth-order valence-electron chi connectivity index (χ4n) is 1.71. The Hall–Kier alpha value is -0.870. The number of carbonyl (C=O) groups excluding carboxylic acids is 1. The highest BCUT2D eigenvalue weighted by atomic mass is 79.9. The van der Waals surface area contributed by atoms with Crippen LogP contribution >= 0.6 is 15.9 Å². The van der Waals surface area contributed by atoms with Gasteiger partial charge in [0.25, 0.3) is 0 Å². The summed E-state index contributed by atoms with van der Waals surface area (Å²) in [5.74, 6) is 0.0620. The van der Waals surface area contributed by atoms with Crippen molar-refractivity contribution in [2.45, 2.75) is 20.3 Å². The molecule has 3 nitrogen and oxygen atoms in total. The maximum atomic E-state index is 12.0. The molecule has 94 valence electrons. The Bertz CT molecular complexity index is 393. The average molecular weight is 300 g/mol. The number of hydrogen-bond acceptors (Lipinski definition) is 2. The molecule has 0 heterocycles. The van der Waals surface area contributed by atoms with Crippen LogP contribution in [0.5, 0.6) is 0 Å². The number of carbonyl (C=O) groups is 1. The average Bonchev–Trinajstić information content (AvgIpc) is 2.29. The highest BCUT2D eigenvalue weighted by molar-refractivity contribution is 9.10. The molecular formula is C13H18BrNO2. The van der Waals surface area contributed by atoms with Crippen LogP contribution in [0.3, 0.4) is 0 Å². The number of amides is 1. The summed E-state index contributed by atoms with van der Waals surface area (Å²) in [5, 5.41) is 8.87. The van der Waals surface area contributed by atoms with Crippen molar-refractivity contribution in [3.63, 3.8) is 0 Å². The number of hydrogen-bond donors (Lipinski definition) is 1. The van der Waals surface area contributed by atoms with E-state index in [9.17, 15) is 4.79 Å². The summed E-state index contributed by atoms with van der Waals surface area (Å²) in [6, 6.07) is 5.91. The smallest absolute Gasteiger partial charge is 0.227 e. The van der Waals surface area contributed by atoms with Gasteiger partial charge in [-0.2, -0.15) is 0 Å². The van der Waals surface area contributed by atoms with E-state index in [2.05, 4.69) is 15.9 Å². The maximum Gasteiger partial charge on any atom is 0.227 e. The van der Waals surface area contributed by atoms with E-state index in [0.29, 0.717) is 19.5 Å². The normalized spacial score (nSPS) is 10.4. The first-order chi connectivity index (χ1) is 8.08. The monoisotopic (exact) mass is 299 g/mol. The van der Waals surface area contributed by atoms with Crippen molar-refractivity contribution in [3.8, 4) is 0 Å². The van der Waals surface area contributed by atoms with Gasteiger partial charge in [0.15, 0.2) is 0 Å². The number of aliphatic hydroxyl groups is 1. The topological polar surface area (TPSA) is 40.5 Å². The number of nitrogens with zero attached hydrogens (tertiary/aromatic N) is 1. The molecule has 4 heteroatoms. The van der Waals surface area contributed by atoms with Crippen molar-refractivity contribution in [3.05, 3.63) is 33.8 Å². The molecule has 0 saturated heterocycles. The van der Waals surface area contributed by atoms with Crippen molar-refractivity contribution >= 4 is 21.8 Å². The van der Waals surface area contributed by atoms with Gasteiger partial charge in [-0.15, -0.1) is 0 Å². The predicted molar refractivity (Wildman–Crippen MR) is 71.9 cm³/mol. The Labute approximate surface area is 111 Å². The number of rotatable bonds is 5. The molecule has 0 atom stereocenters. The Morgan fingerprint density at radius 1 is 1.47 bits per heavy atom. The van der Waals surface area contributed by atoms with E-state index in [-0.39, 0.29) is 12.5 Å². The van der Waals surface area contributed by atoms with Gasteiger partial charge >= 0.3 is 0 Å². The highest BCUT2D eigenvalue weighted by Crippen LogP contribution is 2.16. The third-order valence-electron chi connectivity index (χ3n) is 2.75.